The van der Waals surface area contributed by atoms with Crippen LogP contribution in [0.5, 0.6) is 0 Å². The Kier molecular flexibility index (Phi) is 8.87. The van der Waals surface area contributed by atoms with Gasteiger partial charge in [-0.1, -0.05) is 95.9 Å². The summed E-state index contributed by atoms with van der Waals surface area (Å²) in [5, 5.41) is 0. The van der Waals surface area contributed by atoms with E-state index >= 15 is 0 Å². The average Bonchev–Trinajstić information content (AvgIpc) is 2.42. The van der Waals surface area contributed by atoms with Gasteiger partial charge in [-0.25, -0.2) is 0 Å². The SMILES string of the molecule is CCC(C)C(C)C(OC(C(C)C(C)CC)C(C)(C)C)C(C)(C)C. The molecule has 0 heterocycles. The minimum absolute atomic E-state index is 0.168. The molecule has 1 heteroatoms. The second kappa shape index (κ2) is 8.88. The van der Waals surface area contributed by atoms with Gasteiger partial charge in [0.15, 0.2) is 0 Å². The van der Waals surface area contributed by atoms with Gasteiger partial charge in [0.1, 0.15) is 0 Å². The molecule has 0 rings (SSSR count). The van der Waals surface area contributed by atoms with E-state index in [0.717, 1.165) is 0 Å². The maximum absolute atomic E-state index is 6.95. The molecule has 0 aromatic rings. The zero-order valence-electron chi connectivity index (χ0n) is 18.3. The number of ether oxygens (including phenoxy) is 1. The van der Waals surface area contributed by atoms with Crippen LogP contribution in [0.25, 0.3) is 0 Å². The first kappa shape index (κ1) is 23.0. The zero-order chi connectivity index (χ0) is 18.6. The van der Waals surface area contributed by atoms with Crippen molar-refractivity contribution in [1.82, 2.24) is 0 Å². The van der Waals surface area contributed by atoms with Gasteiger partial charge >= 0.3 is 0 Å². The fourth-order valence-corrected chi connectivity index (χ4v) is 3.73. The highest BCUT2D eigenvalue weighted by Crippen LogP contribution is 2.40. The topological polar surface area (TPSA) is 9.23 Å². The van der Waals surface area contributed by atoms with Crippen molar-refractivity contribution < 1.29 is 4.74 Å². The molecule has 6 atom stereocenters. The summed E-state index contributed by atoms with van der Waals surface area (Å²) >= 11 is 0. The fourth-order valence-electron chi connectivity index (χ4n) is 3.73. The molecule has 0 saturated heterocycles. The van der Waals surface area contributed by atoms with Gasteiger partial charge in [-0.2, -0.15) is 0 Å². The highest BCUT2D eigenvalue weighted by Gasteiger charge is 2.40. The smallest absolute Gasteiger partial charge is 0.0655 e. The third-order valence-corrected chi connectivity index (χ3v) is 6.04. The Labute approximate surface area is 148 Å². The Bertz CT molecular complexity index is 288. The molecular weight excluding hydrogens is 280 g/mol. The molecule has 6 unspecified atom stereocenters. The second-order valence-corrected chi connectivity index (χ2v) is 10.2. The van der Waals surface area contributed by atoms with Gasteiger partial charge in [0.05, 0.1) is 12.2 Å². The van der Waals surface area contributed by atoms with E-state index in [0.29, 0.717) is 35.9 Å². The molecule has 0 fully saturated rings. The van der Waals surface area contributed by atoms with E-state index in [1.807, 2.05) is 0 Å². The van der Waals surface area contributed by atoms with E-state index in [-0.39, 0.29) is 10.8 Å². The Balaban J connectivity index is 5.54. The average molecular weight is 327 g/mol. The van der Waals surface area contributed by atoms with Crippen molar-refractivity contribution in [1.29, 1.82) is 0 Å². The molecule has 0 aromatic carbocycles. The normalized spacial score (nSPS) is 21.4. The Morgan fingerprint density at radius 1 is 0.609 bits per heavy atom. The van der Waals surface area contributed by atoms with E-state index in [9.17, 15) is 0 Å². The van der Waals surface area contributed by atoms with E-state index in [1.165, 1.54) is 12.8 Å². The van der Waals surface area contributed by atoms with Crippen molar-refractivity contribution in [3.8, 4) is 0 Å². The Hall–Kier alpha value is -0.0400. The highest BCUT2D eigenvalue weighted by atomic mass is 16.5. The van der Waals surface area contributed by atoms with Crippen LogP contribution >= 0.6 is 0 Å². The Morgan fingerprint density at radius 3 is 1.04 bits per heavy atom. The second-order valence-electron chi connectivity index (χ2n) is 10.2. The van der Waals surface area contributed by atoms with E-state index < -0.39 is 0 Å². The van der Waals surface area contributed by atoms with Crippen LogP contribution in [0.3, 0.4) is 0 Å². The highest BCUT2D eigenvalue weighted by molar-refractivity contribution is 4.88. The molecule has 0 aliphatic heterocycles. The standard InChI is InChI=1S/C22H46O/c1-13-15(3)17(5)19(21(7,8)9)23-20(22(10,11)12)18(6)16(4)14-2/h15-20H,13-14H2,1-12H3. The predicted octanol–water partition coefficient (Wildman–Crippen LogP) is 7.20. The fraction of sp³-hybridized carbons (Fsp3) is 1.00. The zero-order valence-corrected chi connectivity index (χ0v) is 18.3. The number of hydrogen-bond acceptors (Lipinski definition) is 1. The summed E-state index contributed by atoms with van der Waals surface area (Å²) in [6, 6.07) is 0. The lowest BCUT2D eigenvalue weighted by molar-refractivity contribution is -0.159. The van der Waals surface area contributed by atoms with E-state index in [1.54, 1.807) is 0 Å². The first-order chi connectivity index (χ1) is 10.3. The minimum Gasteiger partial charge on any atom is -0.373 e. The van der Waals surface area contributed by atoms with Gasteiger partial charge in [0.2, 0.25) is 0 Å². The monoisotopic (exact) mass is 326 g/mol. The van der Waals surface area contributed by atoms with Crippen LogP contribution in [0, 0.1) is 34.5 Å². The summed E-state index contributed by atoms with van der Waals surface area (Å²) in [7, 11) is 0. The van der Waals surface area contributed by atoms with E-state index in [2.05, 4.69) is 83.1 Å². The van der Waals surface area contributed by atoms with Crippen molar-refractivity contribution in [2.45, 2.75) is 108 Å². The molecule has 0 aromatic heterocycles. The maximum atomic E-state index is 6.95. The molecule has 0 amide bonds. The molecule has 0 N–H and O–H groups in total. The van der Waals surface area contributed by atoms with Crippen LogP contribution in [0.1, 0.15) is 95.9 Å². The van der Waals surface area contributed by atoms with Gasteiger partial charge < -0.3 is 4.74 Å². The third-order valence-electron chi connectivity index (χ3n) is 6.04. The molecule has 140 valence electrons. The van der Waals surface area contributed by atoms with Gasteiger partial charge in [-0.05, 0) is 34.5 Å². The summed E-state index contributed by atoms with van der Waals surface area (Å²) in [4.78, 5) is 0. The Morgan fingerprint density at radius 2 is 0.870 bits per heavy atom. The van der Waals surface area contributed by atoms with Crippen molar-refractivity contribution >= 4 is 0 Å². The molecule has 0 radical (unpaired) electrons. The van der Waals surface area contributed by atoms with Gasteiger partial charge in [-0.15, -0.1) is 0 Å². The van der Waals surface area contributed by atoms with Crippen molar-refractivity contribution in [2.24, 2.45) is 34.5 Å². The largest absolute Gasteiger partial charge is 0.373 e. The number of hydrogen-bond donors (Lipinski definition) is 0. The van der Waals surface area contributed by atoms with Crippen LogP contribution < -0.4 is 0 Å². The minimum atomic E-state index is 0.168. The lowest BCUT2D eigenvalue weighted by Gasteiger charge is -2.46. The first-order valence-electron chi connectivity index (χ1n) is 9.92. The first-order valence-corrected chi connectivity index (χ1v) is 9.92. The van der Waals surface area contributed by atoms with Crippen LogP contribution in [-0.4, -0.2) is 12.2 Å². The summed E-state index contributed by atoms with van der Waals surface area (Å²) < 4.78 is 6.95. The van der Waals surface area contributed by atoms with Gasteiger partial charge in [0, 0.05) is 0 Å². The predicted molar refractivity (Wildman–Crippen MR) is 105 cm³/mol. The summed E-state index contributed by atoms with van der Waals surface area (Å²) in [5.74, 6) is 2.54. The third kappa shape index (κ3) is 6.77. The summed E-state index contributed by atoms with van der Waals surface area (Å²) in [6.07, 6.45) is 3.04. The summed E-state index contributed by atoms with van der Waals surface area (Å²) in [5.41, 5.74) is 0.336. The van der Waals surface area contributed by atoms with Crippen molar-refractivity contribution in [2.75, 3.05) is 0 Å². The van der Waals surface area contributed by atoms with Gasteiger partial charge in [0.25, 0.3) is 0 Å². The molecule has 0 spiro atoms. The lowest BCUT2D eigenvalue weighted by Crippen LogP contribution is -2.47. The van der Waals surface area contributed by atoms with Crippen LogP contribution in [0.4, 0.5) is 0 Å². The molecule has 23 heavy (non-hydrogen) atoms. The molecule has 0 bridgehead atoms. The molecule has 1 nitrogen and oxygen atoms in total. The van der Waals surface area contributed by atoms with Crippen LogP contribution in [-0.2, 0) is 4.74 Å². The molecular formula is C22H46O. The molecule has 0 saturated carbocycles. The quantitative estimate of drug-likeness (QED) is 0.458. The number of rotatable bonds is 8. The molecule has 0 aliphatic rings. The van der Waals surface area contributed by atoms with Gasteiger partial charge in [-0.3, -0.25) is 0 Å². The maximum Gasteiger partial charge on any atom is 0.0655 e. The van der Waals surface area contributed by atoms with Crippen LogP contribution in [0.2, 0.25) is 0 Å². The van der Waals surface area contributed by atoms with Crippen molar-refractivity contribution in [3.63, 3.8) is 0 Å². The lowest BCUT2D eigenvalue weighted by atomic mass is 9.73. The summed E-state index contributed by atoms with van der Waals surface area (Å²) in [6.45, 7) is 28.1. The van der Waals surface area contributed by atoms with Crippen LogP contribution in [0.15, 0.2) is 0 Å². The van der Waals surface area contributed by atoms with E-state index in [4.69, 9.17) is 4.74 Å². The van der Waals surface area contributed by atoms with Crippen molar-refractivity contribution in [3.05, 3.63) is 0 Å². The molecule has 0 aliphatic carbocycles.